The molecule has 0 radical (unpaired) electrons. The van der Waals surface area contributed by atoms with Crippen molar-refractivity contribution in [2.75, 3.05) is 13.1 Å². The first-order valence-corrected chi connectivity index (χ1v) is 11.5. The highest BCUT2D eigenvalue weighted by Crippen LogP contribution is 2.44. The molecule has 4 nitrogen and oxygen atoms in total. The molecule has 0 spiro atoms. The predicted octanol–water partition coefficient (Wildman–Crippen LogP) is 6.11. The standard InChI is InChI=1S/C24H28Cl2N4/c1-3-4-7-16(2)24(22-28-10-6-11-30(22)23(27)29-24)19-9-5-8-17(12-19)18-13-20(25)15-21(26)14-18/h5,8-9,12-16H,3-4,6-7,10-11H2,1-2H3,(H2,27,29). The quantitative estimate of drug-likeness (QED) is 0.585. The molecular weight excluding hydrogens is 415 g/mol. The largest absolute Gasteiger partial charge is 0.369 e. The second-order valence-corrected chi connectivity index (χ2v) is 9.10. The Morgan fingerprint density at radius 1 is 1.13 bits per heavy atom. The van der Waals surface area contributed by atoms with Crippen molar-refractivity contribution in [2.24, 2.45) is 21.6 Å². The minimum Gasteiger partial charge on any atom is -0.369 e. The van der Waals surface area contributed by atoms with Crippen LogP contribution in [0.5, 0.6) is 0 Å². The smallest absolute Gasteiger partial charge is 0.198 e. The lowest BCUT2D eigenvalue weighted by atomic mass is 9.75. The highest BCUT2D eigenvalue weighted by atomic mass is 35.5. The molecule has 0 saturated heterocycles. The van der Waals surface area contributed by atoms with Gasteiger partial charge in [-0.2, -0.15) is 0 Å². The highest BCUT2D eigenvalue weighted by molar-refractivity contribution is 6.35. The Labute approximate surface area is 188 Å². The molecule has 2 aliphatic heterocycles. The molecule has 158 valence electrons. The number of aliphatic imine (C=N–C) groups is 2. The van der Waals surface area contributed by atoms with E-state index >= 15 is 0 Å². The first-order chi connectivity index (χ1) is 14.5. The summed E-state index contributed by atoms with van der Waals surface area (Å²) in [5.74, 6) is 1.85. The van der Waals surface area contributed by atoms with Crippen molar-refractivity contribution < 1.29 is 0 Å². The molecule has 2 unspecified atom stereocenters. The van der Waals surface area contributed by atoms with Gasteiger partial charge >= 0.3 is 0 Å². The van der Waals surface area contributed by atoms with Gasteiger partial charge in [0.25, 0.3) is 0 Å². The van der Waals surface area contributed by atoms with Crippen LogP contribution < -0.4 is 5.73 Å². The summed E-state index contributed by atoms with van der Waals surface area (Å²) in [7, 11) is 0. The minimum atomic E-state index is -0.557. The van der Waals surface area contributed by atoms with E-state index in [0.717, 1.165) is 61.3 Å². The van der Waals surface area contributed by atoms with Gasteiger partial charge in [0, 0.05) is 23.1 Å². The van der Waals surface area contributed by atoms with Gasteiger partial charge in [0.1, 0.15) is 11.4 Å². The van der Waals surface area contributed by atoms with Crippen molar-refractivity contribution in [3.8, 4) is 11.1 Å². The van der Waals surface area contributed by atoms with Gasteiger partial charge in [0.05, 0.1) is 0 Å². The first-order valence-electron chi connectivity index (χ1n) is 10.7. The maximum absolute atomic E-state index is 6.42. The van der Waals surface area contributed by atoms with Crippen LogP contribution in [-0.4, -0.2) is 29.8 Å². The van der Waals surface area contributed by atoms with Gasteiger partial charge in [-0.1, -0.05) is 68.1 Å². The van der Waals surface area contributed by atoms with Crippen molar-refractivity contribution in [3.05, 3.63) is 58.1 Å². The van der Waals surface area contributed by atoms with Gasteiger partial charge in [-0.3, -0.25) is 9.89 Å². The summed E-state index contributed by atoms with van der Waals surface area (Å²) in [6, 6.07) is 14.1. The number of halogens is 2. The number of unbranched alkanes of at least 4 members (excludes halogenated alkanes) is 1. The second kappa shape index (κ2) is 8.60. The number of nitrogens with two attached hydrogens (primary N) is 1. The van der Waals surface area contributed by atoms with Crippen LogP contribution in [0.25, 0.3) is 11.1 Å². The van der Waals surface area contributed by atoms with E-state index in [-0.39, 0.29) is 5.92 Å². The van der Waals surface area contributed by atoms with Crippen LogP contribution in [0.4, 0.5) is 0 Å². The molecule has 4 rings (SSSR count). The lowest BCUT2D eigenvalue weighted by Gasteiger charge is -2.37. The maximum Gasteiger partial charge on any atom is 0.198 e. The molecule has 2 aliphatic rings. The summed E-state index contributed by atoms with van der Waals surface area (Å²) in [4.78, 5) is 12.1. The van der Waals surface area contributed by atoms with Crippen LogP contribution in [0, 0.1) is 5.92 Å². The predicted molar refractivity (Wildman–Crippen MR) is 128 cm³/mol. The number of guanidine groups is 1. The van der Waals surface area contributed by atoms with E-state index in [1.807, 2.05) is 12.1 Å². The van der Waals surface area contributed by atoms with Crippen LogP contribution in [0.1, 0.15) is 45.1 Å². The highest BCUT2D eigenvalue weighted by Gasteiger charge is 2.50. The number of nitrogens with zero attached hydrogens (tertiary/aromatic N) is 3. The Morgan fingerprint density at radius 3 is 2.63 bits per heavy atom. The maximum atomic E-state index is 6.42. The van der Waals surface area contributed by atoms with Gasteiger partial charge in [0.2, 0.25) is 0 Å². The molecule has 0 aromatic heterocycles. The normalized spacial score (nSPS) is 21.8. The van der Waals surface area contributed by atoms with Crippen LogP contribution in [0.2, 0.25) is 10.0 Å². The van der Waals surface area contributed by atoms with Crippen LogP contribution in [0.15, 0.2) is 52.4 Å². The molecular formula is C24H28Cl2N4. The average Bonchev–Trinajstić information content (AvgIpc) is 3.05. The number of amidine groups is 1. The summed E-state index contributed by atoms with van der Waals surface area (Å²) < 4.78 is 0. The zero-order valence-corrected chi connectivity index (χ0v) is 19.0. The molecule has 2 aromatic rings. The van der Waals surface area contributed by atoms with E-state index in [0.29, 0.717) is 16.0 Å². The Morgan fingerprint density at radius 2 is 1.90 bits per heavy atom. The number of rotatable bonds is 6. The fraction of sp³-hybridized carbons (Fsp3) is 0.417. The zero-order valence-electron chi connectivity index (χ0n) is 17.5. The topological polar surface area (TPSA) is 54.0 Å². The number of fused-ring (bicyclic) bond motifs is 1. The SMILES string of the molecule is CCCCC(C)C1(c2cccc(-c3cc(Cl)cc(Cl)c3)c2)N=C(N)N2CCCN=C21. The van der Waals surface area contributed by atoms with E-state index in [1.54, 1.807) is 6.07 Å². The molecule has 2 heterocycles. The molecule has 0 aliphatic carbocycles. The van der Waals surface area contributed by atoms with Crippen LogP contribution >= 0.6 is 23.2 Å². The van der Waals surface area contributed by atoms with Gasteiger partial charge in [0.15, 0.2) is 5.96 Å². The molecule has 2 N–H and O–H groups in total. The molecule has 2 aromatic carbocycles. The van der Waals surface area contributed by atoms with E-state index in [9.17, 15) is 0 Å². The van der Waals surface area contributed by atoms with Gasteiger partial charge in [-0.25, -0.2) is 4.99 Å². The van der Waals surface area contributed by atoms with E-state index in [4.69, 9.17) is 38.9 Å². The molecule has 6 heteroatoms. The van der Waals surface area contributed by atoms with Crippen molar-refractivity contribution in [3.63, 3.8) is 0 Å². The Balaban J connectivity index is 1.86. The van der Waals surface area contributed by atoms with Crippen molar-refractivity contribution in [1.29, 1.82) is 0 Å². The fourth-order valence-electron chi connectivity index (χ4n) is 4.63. The molecule has 0 saturated carbocycles. The molecule has 2 atom stereocenters. The first kappa shape index (κ1) is 21.2. The molecule has 0 fully saturated rings. The summed E-state index contributed by atoms with van der Waals surface area (Å²) in [6.45, 7) is 6.19. The van der Waals surface area contributed by atoms with Crippen LogP contribution in [0.3, 0.4) is 0 Å². The second-order valence-electron chi connectivity index (χ2n) is 8.23. The van der Waals surface area contributed by atoms with E-state index in [1.165, 1.54) is 0 Å². The monoisotopic (exact) mass is 442 g/mol. The third-order valence-corrected chi connectivity index (χ3v) is 6.60. The molecule has 0 amide bonds. The van der Waals surface area contributed by atoms with E-state index < -0.39 is 5.54 Å². The minimum absolute atomic E-state index is 0.274. The van der Waals surface area contributed by atoms with Crippen LogP contribution in [-0.2, 0) is 5.54 Å². The Hall–Kier alpha value is -2.04. The van der Waals surface area contributed by atoms with Gasteiger partial charge in [-0.15, -0.1) is 0 Å². The number of hydrogen-bond acceptors (Lipinski definition) is 4. The van der Waals surface area contributed by atoms with E-state index in [2.05, 4.69) is 43.0 Å². The summed E-state index contributed by atoms with van der Waals surface area (Å²) in [5.41, 5.74) is 9.02. The summed E-state index contributed by atoms with van der Waals surface area (Å²) in [5, 5.41) is 1.25. The zero-order chi connectivity index (χ0) is 21.3. The van der Waals surface area contributed by atoms with Gasteiger partial charge < -0.3 is 5.73 Å². The third-order valence-electron chi connectivity index (χ3n) is 6.17. The lowest BCUT2D eigenvalue weighted by molar-refractivity contribution is 0.353. The third kappa shape index (κ3) is 3.72. The Bertz CT molecular complexity index is 980. The summed E-state index contributed by atoms with van der Waals surface area (Å²) >= 11 is 12.5. The molecule has 0 bridgehead atoms. The van der Waals surface area contributed by atoms with Crippen molar-refractivity contribution in [2.45, 2.75) is 45.1 Å². The summed E-state index contributed by atoms with van der Waals surface area (Å²) in [6.07, 6.45) is 4.36. The Kier molecular flexibility index (Phi) is 6.08. The van der Waals surface area contributed by atoms with Crippen molar-refractivity contribution >= 4 is 35.0 Å². The van der Waals surface area contributed by atoms with Gasteiger partial charge in [-0.05, 0) is 59.7 Å². The lowest BCUT2D eigenvalue weighted by Crippen LogP contribution is -2.48. The molecule has 30 heavy (non-hydrogen) atoms. The number of benzene rings is 2. The average molecular weight is 443 g/mol. The number of hydrogen-bond donors (Lipinski definition) is 1. The van der Waals surface area contributed by atoms with Crippen molar-refractivity contribution in [1.82, 2.24) is 4.90 Å². The fourth-order valence-corrected chi connectivity index (χ4v) is 5.16.